The second kappa shape index (κ2) is 8.60. The average molecular weight is 399 g/mol. The number of carboxylic acid groups (broad SMARTS) is 1. The van der Waals surface area contributed by atoms with Crippen LogP contribution in [0.25, 0.3) is 11.1 Å². The molecule has 0 saturated heterocycles. The van der Waals surface area contributed by atoms with Crippen molar-refractivity contribution in [3.05, 3.63) is 83.9 Å². The number of ether oxygens (including phenoxy) is 1. The Morgan fingerprint density at radius 3 is 2.41 bits per heavy atom. The predicted octanol–water partition coefficient (Wildman–Crippen LogP) is 5.59. The van der Waals surface area contributed by atoms with Gasteiger partial charge in [0.25, 0.3) is 0 Å². The van der Waals surface area contributed by atoms with E-state index in [1.54, 1.807) is 60.8 Å². The smallest absolute Gasteiger partial charge is 0.417 e. The van der Waals surface area contributed by atoms with Crippen LogP contribution in [0.2, 0.25) is 0 Å². The summed E-state index contributed by atoms with van der Waals surface area (Å²) in [4.78, 5) is 14.8. The maximum absolute atomic E-state index is 13.3. The zero-order valence-corrected chi connectivity index (χ0v) is 15.1. The van der Waals surface area contributed by atoms with Gasteiger partial charge in [-0.15, -0.1) is 0 Å². The number of hydrogen-bond acceptors (Lipinski definition) is 3. The first-order valence-electron chi connectivity index (χ1n) is 8.58. The van der Waals surface area contributed by atoms with Crippen molar-refractivity contribution in [3.63, 3.8) is 0 Å². The largest absolute Gasteiger partial charge is 0.482 e. The summed E-state index contributed by atoms with van der Waals surface area (Å²) in [5, 5.41) is 8.60. The van der Waals surface area contributed by atoms with E-state index in [-0.39, 0.29) is 5.56 Å². The van der Waals surface area contributed by atoms with E-state index < -0.39 is 24.3 Å². The van der Waals surface area contributed by atoms with Gasteiger partial charge in [0.15, 0.2) is 6.61 Å². The molecule has 7 heteroatoms. The van der Waals surface area contributed by atoms with Crippen molar-refractivity contribution in [2.75, 3.05) is 6.61 Å². The number of carboxylic acids is 1. The molecule has 0 atom stereocenters. The van der Waals surface area contributed by atoms with Crippen LogP contribution in [0.4, 0.5) is 18.9 Å². The third-order valence-electron chi connectivity index (χ3n) is 3.99. The van der Waals surface area contributed by atoms with Crippen molar-refractivity contribution in [3.8, 4) is 16.9 Å². The number of aliphatic carboxylic acids is 1. The van der Waals surface area contributed by atoms with Gasteiger partial charge in [-0.1, -0.05) is 36.4 Å². The van der Waals surface area contributed by atoms with E-state index in [1.165, 1.54) is 12.1 Å². The third-order valence-corrected chi connectivity index (χ3v) is 3.99. The van der Waals surface area contributed by atoms with Crippen LogP contribution < -0.4 is 4.74 Å². The lowest BCUT2D eigenvalue weighted by Crippen LogP contribution is -2.09. The fourth-order valence-electron chi connectivity index (χ4n) is 2.69. The molecule has 0 saturated carbocycles. The summed E-state index contributed by atoms with van der Waals surface area (Å²) in [5.74, 6) is -0.670. The van der Waals surface area contributed by atoms with Crippen molar-refractivity contribution < 1.29 is 27.8 Å². The van der Waals surface area contributed by atoms with Gasteiger partial charge in [0, 0.05) is 6.21 Å². The molecule has 3 aromatic rings. The second-order valence-corrected chi connectivity index (χ2v) is 6.10. The number of nitrogens with zero attached hydrogens (tertiary/aromatic N) is 1. The number of carbonyl (C=O) groups is 1. The minimum absolute atomic E-state index is 0.107. The summed E-state index contributed by atoms with van der Waals surface area (Å²) in [6.45, 7) is -0.436. The summed E-state index contributed by atoms with van der Waals surface area (Å²) < 4.78 is 44.8. The molecule has 0 radical (unpaired) electrons. The molecule has 0 amide bonds. The first-order valence-corrected chi connectivity index (χ1v) is 8.58. The molecule has 3 rings (SSSR count). The highest BCUT2D eigenvalue weighted by molar-refractivity contribution is 5.85. The van der Waals surface area contributed by atoms with E-state index in [0.717, 1.165) is 6.07 Å². The minimum Gasteiger partial charge on any atom is -0.482 e. The monoisotopic (exact) mass is 399 g/mol. The van der Waals surface area contributed by atoms with E-state index in [4.69, 9.17) is 9.84 Å². The Labute approximate surface area is 164 Å². The van der Waals surface area contributed by atoms with E-state index in [9.17, 15) is 18.0 Å². The Morgan fingerprint density at radius 2 is 1.72 bits per heavy atom. The maximum atomic E-state index is 13.3. The topological polar surface area (TPSA) is 58.9 Å². The molecule has 4 nitrogen and oxygen atoms in total. The van der Waals surface area contributed by atoms with Gasteiger partial charge in [0.1, 0.15) is 5.75 Å². The molecule has 0 aliphatic heterocycles. The number of benzene rings is 3. The fourth-order valence-corrected chi connectivity index (χ4v) is 2.69. The van der Waals surface area contributed by atoms with Crippen LogP contribution in [0.3, 0.4) is 0 Å². The minimum atomic E-state index is -4.44. The normalized spacial score (nSPS) is 11.6. The fraction of sp³-hybridized carbons (Fsp3) is 0.0909. The Balaban J connectivity index is 1.80. The van der Waals surface area contributed by atoms with E-state index in [2.05, 4.69) is 4.99 Å². The van der Waals surface area contributed by atoms with Crippen LogP contribution in [0.15, 0.2) is 77.8 Å². The molecule has 0 spiro atoms. The lowest BCUT2D eigenvalue weighted by Gasteiger charge is -2.13. The van der Waals surface area contributed by atoms with Crippen molar-refractivity contribution in [1.82, 2.24) is 0 Å². The van der Waals surface area contributed by atoms with Gasteiger partial charge < -0.3 is 9.84 Å². The van der Waals surface area contributed by atoms with Gasteiger partial charge in [0.2, 0.25) is 0 Å². The molecule has 0 unspecified atom stereocenters. The van der Waals surface area contributed by atoms with E-state index >= 15 is 0 Å². The lowest BCUT2D eigenvalue weighted by atomic mass is 9.98. The molecular formula is C22H16F3NO3. The number of alkyl halides is 3. The Hall–Kier alpha value is -3.61. The molecule has 0 heterocycles. The number of halogens is 3. The summed E-state index contributed by atoms with van der Waals surface area (Å²) in [6.07, 6.45) is -2.89. The third kappa shape index (κ3) is 5.44. The maximum Gasteiger partial charge on any atom is 0.417 e. The van der Waals surface area contributed by atoms with Crippen LogP contribution in [0.5, 0.6) is 5.75 Å². The van der Waals surface area contributed by atoms with Crippen LogP contribution in [0, 0.1) is 0 Å². The average Bonchev–Trinajstić information content (AvgIpc) is 2.71. The van der Waals surface area contributed by atoms with Crippen LogP contribution >= 0.6 is 0 Å². The zero-order valence-electron chi connectivity index (χ0n) is 15.1. The van der Waals surface area contributed by atoms with Crippen molar-refractivity contribution in [2.45, 2.75) is 6.18 Å². The zero-order chi connectivity index (χ0) is 20.9. The molecule has 0 aliphatic carbocycles. The van der Waals surface area contributed by atoms with Gasteiger partial charge >= 0.3 is 12.1 Å². The summed E-state index contributed by atoms with van der Waals surface area (Å²) in [5.41, 5.74) is 1.10. The van der Waals surface area contributed by atoms with Crippen LogP contribution in [0.1, 0.15) is 11.1 Å². The molecule has 148 valence electrons. The Bertz CT molecular complexity index is 1030. The van der Waals surface area contributed by atoms with Gasteiger partial charge in [0.05, 0.1) is 11.3 Å². The summed E-state index contributed by atoms with van der Waals surface area (Å²) in [7, 11) is 0. The standard InChI is InChI=1S/C22H16F3NO3/c23-22(24,25)20-7-2-1-6-19(20)16-5-3-4-15(12-16)13-26-17-8-10-18(11-9-17)29-14-21(27)28/h1-13H,14H2,(H,27,28). The van der Waals surface area contributed by atoms with Crippen molar-refractivity contribution >= 4 is 17.9 Å². The van der Waals surface area contributed by atoms with Crippen LogP contribution in [-0.2, 0) is 11.0 Å². The molecular weight excluding hydrogens is 383 g/mol. The first-order chi connectivity index (χ1) is 13.8. The second-order valence-electron chi connectivity index (χ2n) is 6.10. The Kier molecular flexibility index (Phi) is 5.97. The highest BCUT2D eigenvalue weighted by Crippen LogP contribution is 2.37. The van der Waals surface area contributed by atoms with Gasteiger partial charge in [-0.3, -0.25) is 4.99 Å². The number of rotatable bonds is 6. The van der Waals surface area contributed by atoms with Gasteiger partial charge in [-0.25, -0.2) is 4.79 Å². The SMILES string of the molecule is O=C(O)COc1ccc(N=Cc2cccc(-c3ccccc3C(F)(F)F)c2)cc1. The van der Waals surface area contributed by atoms with Gasteiger partial charge in [-0.05, 0) is 53.1 Å². The predicted molar refractivity (Wildman–Crippen MR) is 104 cm³/mol. The lowest BCUT2D eigenvalue weighted by molar-refractivity contribution is -0.139. The first kappa shape index (κ1) is 20.1. The van der Waals surface area contributed by atoms with Gasteiger partial charge in [-0.2, -0.15) is 13.2 Å². The van der Waals surface area contributed by atoms with E-state index in [0.29, 0.717) is 22.6 Å². The number of aliphatic imine (C=N–C) groups is 1. The highest BCUT2D eigenvalue weighted by atomic mass is 19.4. The molecule has 3 aromatic carbocycles. The molecule has 29 heavy (non-hydrogen) atoms. The Morgan fingerprint density at radius 1 is 1.00 bits per heavy atom. The molecule has 0 fully saturated rings. The molecule has 1 N–H and O–H groups in total. The highest BCUT2D eigenvalue weighted by Gasteiger charge is 2.33. The molecule has 0 aliphatic rings. The number of hydrogen-bond donors (Lipinski definition) is 1. The summed E-state index contributed by atoms with van der Waals surface area (Å²) >= 11 is 0. The quantitative estimate of drug-likeness (QED) is 0.550. The van der Waals surface area contributed by atoms with E-state index in [1.807, 2.05) is 0 Å². The summed E-state index contributed by atoms with van der Waals surface area (Å²) in [6, 6.07) is 18.6. The molecule has 0 bridgehead atoms. The van der Waals surface area contributed by atoms with Crippen LogP contribution in [-0.4, -0.2) is 23.9 Å². The van der Waals surface area contributed by atoms with Crippen molar-refractivity contribution in [2.24, 2.45) is 4.99 Å². The van der Waals surface area contributed by atoms with Crippen molar-refractivity contribution in [1.29, 1.82) is 0 Å². The molecule has 0 aromatic heterocycles.